The third-order valence-corrected chi connectivity index (χ3v) is 6.28. The Morgan fingerprint density at radius 2 is 1.53 bits per heavy atom. The monoisotopic (exact) mass is 545 g/mol. The minimum Gasteiger partial charge on any atom is -0.480 e. The predicted molar refractivity (Wildman–Crippen MR) is 136 cm³/mol. The van der Waals surface area contributed by atoms with Gasteiger partial charge in [-0.2, -0.15) is 0 Å². The largest absolute Gasteiger partial charge is 0.480 e. The van der Waals surface area contributed by atoms with Crippen LogP contribution in [0.5, 0.6) is 0 Å². The normalized spacial score (nSPS) is 20.2. The van der Waals surface area contributed by atoms with Gasteiger partial charge in [-0.1, -0.05) is 6.42 Å². The zero-order valence-electron chi connectivity index (χ0n) is 21.8. The van der Waals surface area contributed by atoms with Gasteiger partial charge >= 0.3 is 5.97 Å². The molecular weight excluding hydrogens is 502 g/mol. The van der Waals surface area contributed by atoms with E-state index in [1.807, 2.05) is 0 Å². The number of unbranched alkanes of at least 4 members (excludes halogenated alkanes) is 2. The number of nitrogens with two attached hydrogens (primary N) is 3. The number of carbonyl (C=O) groups is 5. The van der Waals surface area contributed by atoms with Gasteiger partial charge < -0.3 is 53.4 Å². The first-order valence-corrected chi connectivity index (χ1v) is 12.9. The highest BCUT2D eigenvalue weighted by Gasteiger charge is 2.42. The minimum atomic E-state index is -1.58. The number of carbonyl (C=O) groups excluding carboxylic acids is 4. The van der Waals surface area contributed by atoms with Gasteiger partial charge in [0.15, 0.2) is 0 Å². The lowest BCUT2D eigenvalue weighted by molar-refractivity contribution is -0.145. The van der Waals surface area contributed by atoms with Crippen molar-refractivity contribution in [2.45, 2.75) is 88.2 Å². The molecule has 0 aliphatic carbocycles. The molecule has 1 saturated heterocycles. The van der Waals surface area contributed by atoms with Gasteiger partial charge in [-0.25, -0.2) is 4.79 Å². The van der Waals surface area contributed by atoms with Gasteiger partial charge in [-0.3, -0.25) is 19.2 Å². The fourth-order valence-corrected chi connectivity index (χ4v) is 4.03. The molecule has 0 aromatic carbocycles. The molecule has 15 nitrogen and oxygen atoms in total. The van der Waals surface area contributed by atoms with Gasteiger partial charge in [0.25, 0.3) is 0 Å². The molecule has 0 spiro atoms. The zero-order valence-corrected chi connectivity index (χ0v) is 21.8. The topological polar surface area (TPSA) is 263 Å². The van der Waals surface area contributed by atoms with E-state index < -0.39 is 72.5 Å². The van der Waals surface area contributed by atoms with Crippen molar-refractivity contribution in [3.63, 3.8) is 0 Å². The van der Waals surface area contributed by atoms with Crippen molar-refractivity contribution in [3.8, 4) is 0 Å². The fraction of sp³-hybridized carbons (Fsp3) is 0.783. The maximum Gasteiger partial charge on any atom is 0.328 e. The molecule has 1 heterocycles. The Bertz CT molecular complexity index is 815. The summed E-state index contributed by atoms with van der Waals surface area (Å²) in [5.74, 6) is -4.13. The van der Waals surface area contributed by atoms with E-state index >= 15 is 0 Å². The van der Waals surface area contributed by atoms with Gasteiger partial charge in [-0.05, 0) is 52.1 Å². The smallest absolute Gasteiger partial charge is 0.328 e. The second kappa shape index (κ2) is 16.9. The van der Waals surface area contributed by atoms with Crippen LogP contribution in [-0.2, 0) is 24.0 Å². The third-order valence-electron chi connectivity index (χ3n) is 6.28. The van der Waals surface area contributed by atoms with E-state index in [9.17, 15) is 34.2 Å². The maximum atomic E-state index is 13.4. The minimum absolute atomic E-state index is 0.146. The van der Waals surface area contributed by atoms with Gasteiger partial charge in [0, 0.05) is 13.0 Å². The summed E-state index contributed by atoms with van der Waals surface area (Å²) in [7, 11) is 0. The Morgan fingerprint density at radius 3 is 2.08 bits per heavy atom. The summed E-state index contributed by atoms with van der Waals surface area (Å²) in [6.07, 6.45) is 1.79. The number of hydrogen-bond acceptors (Lipinski definition) is 10. The molecule has 0 bridgehead atoms. The van der Waals surface area contributed by atoms with Crippen LogP contribution in [0.4, 0.5) is 0 Å². The molecule has 15 heteroatoms. The molecule has 1 aliphatic heterocycles. The van der Waals surface area contributed by atoms with Crippen LogP contribution < -0.4 is 33.2 Å². The van der Waals surface area contributed by atoms with E-state index in [0.717, 1.165) is 4.90 Å². The van der Waals surface area contributed by atoms with Crippen LogP contribution in [0.1, 0.15) is 51.9 Å². The van der Waals surface area contributed by atoms with E-state index in [4.69, 9.17) is 22.3 Å². The standard InChI is InChI=1S/C23H43N7O8/c1-13(27-20(34)15(26)6-2-4-8-24)19(33)28-16(7-3-5-9-25)22(36)30-11-14(32)10-18(30)21(35)29-17(12-31)23(37)38/h13-18,31-32H,2-12,24-26H2,1H3,(H,27,34)(H,28,33)(H,29,35)(H,37,38)/t13-,14+,15-,16-,17-,18-/m0/s1. The Hall–Kier alpha value is -2.85. The molecule has 0 aromatic heterocycles. The Balaban J connectivity index is 2.94. The second-order valence-corrected chi connectivity index (χ2v) is 9.44. The molecule has 1 aliphatic rings. The number of hydrogen-bond donors (Lipinski definition) is 9. The van der Waals surface area contributed by atoms with Crippen molar-refractivity contribution >= 4 is 29.6 Å². The predicted octanol–water partition coefficient (Wildman–Crippen LogP) is -3.92. The lowest BCUT2D eigenvalue weighted by atomic mass is 10.1. The lowest BCUT2D eigenvalue weighted by Crippen LogP contribution is -2.58. The number of aliphatic carboxylic acids is 1. The highest BCUT2D eigenvalue weighted by molar-refractivity contribution is 5.95. The Morgan fingerprint density at radius 1 is 0.921 bits per heavy atom. The fourth-order valence-electron chi connectivity index (χ4n) is 4.03. The van der Waals surface area contributed by atoms with Gasteiger partial charge in [0.05, 0.1) is 18.8 Å². The van der Waals surface area contributed by atoms with Gasteiger partial charge in [0.1, 0.15) is 24.2 Å². The first-order valence-electron chi connectivity index (χ1n) is 12.9. The highest BCUT2D eigenvalue weighted by Crippen LogP contribution is 2.21. The summed E-state index contributed by atoms with van der Waals surface area (Å²) in [5, 5.41) is 35.7. The van der Waals surface area contributed by atoms with Gasteiger partial charge in [0.2, 0.25) is 23.6 Å². The van der Waals surface area contributed by atoms with E-state index in [-0.39, 0.29) is 19.4 Å². The summed E-state index contributed by atoms with van der Waals surface area (Å²) in [6.45, 7) is 1.21. The van der Waals surface area contributed by atoms with Crippen molar-refractivity contribution in [1.29, 1.82) is 0 Å². The molecule has 218 valence electrons. The first kappa shape index (κ1) is 33.2. The van der Waals surface area contributed by atoms with Crippen LogP contribution >= 0.6 is 0 Å². The van der Waals surface area contributed by atoms with Crippen molar-refractivity contribution in [2.75, 3.05) is 26.2 Å². The zero-order chi connectivity index (χ0) is 28.8. The average Bonchev–Trinajstić information content (AvgIpc) is 3.27. The summed E-state index contributed by atoms with van der Waals surface area (Å²) in [4.78, 5) is 63.6. The molecule has 0 aromatic rings. The molecule has 0 radical (unpaired) electrons. The number of carboxylic acid groups (broad SMARTS) is 1. The van der Waals surface area contributed by atoms with E-state index in [2.05, 4.69) is 16.0 Å². The molecule has 38 heavy (non-hydrogen) atoms. The quantitative estimate of drug-likeness (QED) is 0.0797. The number of rotatable bonds is 17. The van der Waals surface area contributed by atoms with Crippen LogP contribution in [-0.4, -0.2) is 112 Å². The molecule has 1 rings (SSSR count). The molecule has 12 N–H and O–H groups in total. The summed E-state index contributed by atoms with van der Waals surface area (Å²) < 4.78 is 0. The van der Waals surface area contributed by atoms with Crippen LogP contribution in [0.3, 0.4) is 0 Å². The van der Waals surface area contributed by atoms with Gasteiger partial charge in [-0.15, -0.1) is 0 Å². The second-order valence-electron chi connectivity index (χ2n) is 9.44. The molecule has 0 unspecified atom stereocenters. The Labute approximate surface area is 221 Å². The Kier molecular flexibility index (Phi) is 14.7. The molecule has 6 atom stereocenters. The molecular formula is C23H43N7O8. The van der Waals surface area contributed by atoms with Crippen molar-refractivity contribution < 1.29 is 39.3 Å². The number of carboxylic acids is 1. The number of likely N-dealkylation sites (tertiary alicyclic amines) is 1. The van der Waals surface area contributed by atoms with Crippen LogP contribution in [0, 0.1) is 0 Å². The summed E-state index contributed by atoms with van der Waals surface area (Å²) >= 11 is 0. The third kappa shape index (κ3) is 10.5. The maximum absolute atomic E-state index is 13.4. The number of aliphatic hydroxyl groups is 2. The lowest BCUT2D eigenvalue weighted by Gasteiger charge is -2.30. The van der Waals surface area contributed by atoms with Crippen molar-refractivity contribution in [1.82, 2.24) is 20.9 Å². The average molecular weight is 546 g/mol. The van der Waals surface area contributed by atoms with Crippen molar-refractivity contribution in [2.24, 2.45) is 17.2 Å². The van der Waals surface area contributed by atoms with Crippen LogP contribution in [0.15, 0.2) is 0 Å². The first-order chi connectivity index (χ1) is 18.0. The molecule has 4 amide bonds. The van der Waals surface area contributed by atoms with Crippen LogP contribution in [0.25, 0.3) is 0 Å². The molecule has 0 saturated carbocycles. The SMILES string of the molecule is C[C@H](NC(=O)[C@@H](N)CCCCN)C(=O)N[C@@H](CCCCN)C(=O)N1C[C@H](O)C[C@H]1C(=O)N[C@@H](CO)C(=O)O. The van der Waals surface area contributed by atoms with E-state index in [1.165, 1.54) is 6.92 Å². The molecule has 1 fully saturated rings. The summed E-state index contributed by atoms with van der Waals surface area (Å²) in [6, 6.07) is -5.72. The number of nitrogens with zero attached hydrogens (tertiary/aromatic N) is 1. The van der Waals surface area contributed by atoms with E-state index in [1.54, 1.807) is 0 Å². The number of amides is 4. The van der Waals surface area contributed by atoms with Crippen molar-refractivity contribution in [3.05, 3.63) is 0 Å². The van der Waals surface area contributed by atoms with Crippen LogP contribution in [0.2, 0.25) is 0 Å². The number of aliphatic hydroxyl groups excluding tert-OH is 2. The van der Waals surface area contributed by atoms with E-state index in [0.29, 0.717) is 45.2 Å². The number of nitrogens with one attached hydrogen (secondary N) is 3. The summed E-state index contributed by atoms with van der Waals surface area (Å²) in [5.41, 5.74) is 16.9. The number of β-amino-alcohol motifs (C(OH)–C–C–N with tert-alkyl or cyclic N) is 1. The highest BCUT2D eigenvalue weighted by atomic mass is 16.4.